The molecule has 2 nitrogen and oxygen atoms in total. The standard InChI is InChI=1S/C15H15NO/c1-9-3-2-4-11-14(8-16)13-7-10(17)5-6-12(13)15(9)11/h2-7,14,17H,8,16H2,1H3. The molecular weight excluding hydrogens is 210 g/mol. The lowest BCUT2D eigenvalue weighted by Gasteiger charge is -2.10. The maximum atomic E-state index is 9.62. The second-order valence-corrected chi connectivity index (χ2v) is 4.60. The Labute approximate surface area is 101 Å². The lowest BCUT2D eigenvalue weighted by atomic mass is 9.96. The molecule has 0 fully saturated rings. The summed E-state index contributed by atoms with van der Waals surface area (Å²) < 4.78 is 0. The summed E-state index contributed by atoms with van der Waals surface area (Å²) in [6, 6.07) is 11.9. The Morgan fingerprint density at radius 2 is 2.00 bits per heavy atom. The number of benzene rings is 2. The van der Waals surface area contributed by atoms with E-state index in [2.05, 4.69) is 25.1 Å². The van der Waals surface area contributed by atoms with Gasteiger partial charge >= 0.3 is 0 Å². The Morgan fingerprint density at radius 3 is 2.76 bits per heavy atom. The van der Waals surface area contributed by atoms with Crippen LogP contribution < -0.4 is 5.73 Å². The minimum Gasteiger partial charge on any atom is -0.508 e. The highest BCUT2D eigenvalue weighted by molar-refractivity contribution is 5.81. The van der Waals surface area contributed by atoms with E-state index in [0.717, 1.165) is 5.56 Å². The average Bonchev–Trinajstić information content (AvgIpc) is 2.63. The normalized spacial score (nSPS) is 16.7. The summed E-state index contributed by atoms with van der Waals surface area (Å²) in [5.41, 5.74) is 12.1. The molecule has 0 bridgehead atoms. The van der Waals surface area contributed by atoms with Crippen LogP contribution in [0.1, 0.15) is 22.6 Å². The molecule has 0 spiro atoms. The Bertz CT molecular complexity index is 589. The van der Waals surface area contributed by atoms with Gasteiger partial charge in [-0.1, -0.05) is 24.3 Å². The molecular formula is C15H15NO. The fraction of sp³-hybridized carbons (Fsp3) is 0.200. The summed E-state index contributed by atoms with van der Waals surface area (Å²) in [5.74, 6) is 0.527. The highest BCUT2D eigenvalue weighted by atomic mass is 16.3. The van der Waals surface area contributed by atoms with Crippen LogP contribution in [0.2, 0.25) is 0 Å². The van der Waals surface area contributed by atoms with Crippen molar-refractivity contribution in [2.45, 2.75) is 12.8 Å². The smallest absolute Gasteiger partial charge is 0.115 e. The summed E-state index contributed by atoms with van der Waals surface area (Å²) in [7, 11) is 0. The van der Waals surface area contributed by atoms with Crippen molar-refractivity contribution in [3.63, 3.8) is 0 Å². The van der Waals surface area contributed by atoms with Crippen molar-refractivity contribution in [1.29, 1.82) is 0 Å². The minimum absolute atomic E-state index is 0.215. The van der Waals surface area contributed by atoms with Gasteiger partial charge in [0.15, 0.2) is 0 Å². The van der Waals surface area contributed by atoms with Crippen molar-refractivity contribution >= 4 is 0 Å². The van der Waals surface area contributed by atoms with E-state index in [9.17, 15) is 5.11 Å². The average molecular weight is 225 g/mol. The van der Waals surface area contributed by atoms with Crippen molar-refractivity contribution in [2.24, 2.45) is 5.73 Å². The molecule has 0 saturated heterocycles. The van der Waals surface area contributed by atoms with Crippen LogP contribution in [0.3, 0.4) is 0 Å². The van der Waals surface area contributed by atoms with Gasteiger partial charge in [0, 0.05) is 12.5 Å². The molecule has 1 atom stereocenters. The fourth-order valence-electron chi connectivity index (χ4n) is 2.84. The second kappa shape index (κ2) is 3.60. The van der Waals surface area contributed by atoms with E-state index in [1.165, 1.54) is 22.3 Å². The zero-order valence-corrected chi connectivity index (χ0v) is 9.77. The Balaban J connectivity index is 2.34. The van der Waals surface area contributed by atoms with Gasteiger partial charge in [-0.2, -0.15) is 0 Å². The van der Waals surface area contributed by atoms with E-state index in [0.29, 0.717) is 12.3 Å². The number of hydrogen-bond acceptors (Lipinski definition) is 2. The van der Waals surface area contributed by atoms with Gasteiger partial charge in [-0.05, 0) is 46.9 Å². The van der Waals surface area contributed by atoms with Crippen LogP contribution in [-0.4, -0.2) is 11.7 Å². The predicted molar refractivity (Wildman–Crippen MR) is 69.2 cm³/mol. The highest BCUT2D eigenvalue weighted by Crippen LogP contribution is 2.46. The maximum absolute atomic E-state index is 9.62. The largest absolute Gasteiger partial charge is 0.508 e. The first-order valence-electron chi connectivity index (χ1n) is 5.85. The number of hydrogen-bond donors (Lipinski definition) is 2. The number of aromatic hydroxyl groups is 1. The molecule has 1 unspecified atom stereocenters. The van der Waals surface area contributed by atoms with Crippen LogP contribution in [0.5, 0.6) is 5.75 Å². The van der Waals surface area contributed by atoms with Crippen molar-refractivity contribution < 1.29 is 5.11 Å². The van der Waals surface area contributed by atoms with Crippen molar-refractivity contribution in [3.8, 4) is 16.9 Å². The number of phenols is 1. The monoisotopic (exact) mass is 225 g/mol. The van der Waals surface area contributed by atoms with Gasteiger partial charge in [-0.15, -0.1) is 0 Å². The number of rotatable bonds is 1. The first-order valence-corrected chi connectivity index (χ1v) is 5.85. The van der Waals surface area contributed by atoms with Gasteiger partial charge in [0.05, 0.1) is 0 Å². The van der Waals surface area contributed by atoms with Crippen LogP contribution >= 0.6 is 0 Å². The summed E-state index contributed by atoms with van der Waals surface area (Å²) in [4.78, 5) is 0. The first kappa shape index (κ1) is 10.4. The molecule has 0 amide bonds. The van der Waals surface area contributed by atoms with Crippen LogP contribution in [-0.2, 0) is 0 Å². The van der Waals surface area contributed by atoms with Crippen LogP contribution in [0.25, 0.3) is 11.1 Å². The molecule has 3 rings (SSSR count). The third kappa shape index (κ3) is 1.38. The minimum atomic E-state index is 0.215. The van der Waals surface area contributed by atoms with Gasteiger partial charge in [0.25, 0.3) is 0 Å². The summed E-state index contributed by atoms with van der Waals surface area (Å²) in [6.07, 6.45) is 0. The summed E-state index contributed by atoms with van der Waals surface area (Å²) in [6.45, 7) is 2.70. The molecule has 2 heteroatoms. The molecule has 2 aromatic carbocycles. The zero-order valence-electron chi connectivity index (χ0n) is 9.77. The molecule has 0 saturated carbocycles. The Kier molecular flexibility index (Phi) is 2.20. The molecule has 0 heterocycles. The van der Waals surface area contributed by atoms with Crippen molar-refractivity contribution in [1.82, 2.24) is 0 Å². The van der Waals surface area contributed by atoms with E-state index in [4.69, 9.17) is 5.73 Å². The highest BCUT2D eigenvalue weighted by Gasteiger charge is 2.28. The molecule has 0 aliphatic heterocycles. The molecule has 86 valence electrons. The van der Waals surface area contributed by atoms with Crippen LogP contribution in [0, 0.1) is 6.92 Å². The van der Waals surface area contributed by atoms with Crippen molar-refractivity contribution in [3.05, 3.63) is 53.1 Å². The second-order valence-electron chi connectivity index (χ2n) is 4.60. The molecule has 1 aliphatic carbocycles. The van der Waals surface area contributed by atoms with E-state index >= 15 is 0 Å². The molecule has 1 aliphatic rings. The predicted octanol–water partition coefficient (Wildman–Crippen LogP) is 2.77. The summed E-state index contributed by atoms with van der Waals surface area (Å²) in [5, 5.41) is 9.62. The molecule has 0 aromatic heterocycles. The third-order valence-corrected chi connectivity index (χ3v) is 3.60. The van der Waals surface area contributed by atoms with Crippen LogP contribution in [0.4, 0.5) is 0 Å². The van der Waals surface area contributed by atoms with Crippen LogP contribution in [0.15, 0.2) is 36.4 Å². The number of fused-ring (bicyclic) bond motifs is 3. The van der Waals surface area contributed by atoms with Gasteiger partial charge in [-0.3, -0.25) is 0 Å². The van der Waals surface area contributed by atoms with E-state index in [1.807, 2.05) is 12.1 Å². The maximum Gasteiger partial charge on any atom is 0.115 e. The fourth-order valence-corrected chi connectivity index (χ4v) is 2.84. The SMILES string of the molecule is Cc1cccc2c1-c1ccc(O)cc1C2CN. The Hall–Kier alpha value is -1.80. The zero-order chi connectivity index (χ0) is 12.0. The first-order chi connectivity index (χ1) is 8.22. The summed E-state index contributed by atoms with van der Waals surface area (Å²) >= 11 is 0. The van der Waals surface area contributed by atoms with E-state index in [1.54, 1.807) is 6.07 Å². The van der Waals surface area contributed by atoms with Gasteiger partial charge in [-0.25, -0.2) is 0 Å². The lowest BCUT2D eigenvalue weighted by molar-refractivity contribution is 0.474. The molecule has 17 heavy (non-hydrogen) atoms. The number of nitrogens with two attached hydrogens (primary N) is 1. The lowest BCUT2D eigenvalue weighted by Crippen LogP contribution is -2.11. The number of phenolic OH excluding ortho intramolecular Hbond substituents is 1. The topological polar surface area (TPSA) is 46.2 Å². The molecule has 0 radical (unpaired) electrons. The van der Waals surface area contributed by atoms with E-state index < -0.39 is 0 Å². The van der Waals surface area contributed by atoms with Gasteiger partial charge < -0.3 is 10.8 Å². The van der Waals surface area contributed by atoms with E-state index in [-0.39, 0.29) is 5.92 Å². The third-order valence-electron chi connectivity index (χ3n) is 3.60. The van der Waals surface area contributed by atoms with Crippen molar-refractivity contribution in [2.75, 3.05) is 6.54 Å². The quantitative estimate of drug-likeness (QED) is 0.784. The van der Waals surface area contributed by atoms with Gasteiger partial charge in [0.1, 0.15) is 5.75 Å². The Morgan fingerprint density at radius 1 is 1.18 bits per heavy atom. The molecule has 3 N–H and O–H groups in total. The number of aryl methyl sites for hydroxylation is 1. The van der Waals surface area contributed by atoms with Gasteiger partial charge in [0.2, 0.25) is 0 Å². The molecule has 2 aromatic rings.